The molecule has 0 aromatic heterocycles. The van der Waals surface area contributed by atoms with Crippen LogP contribution in [-0.2, 0) is 0 Å². The molecule has 0 radical (unpaired) electrons. The van der Waals surface area contributed by atoms with Crippen LogP contribution in [0.3, 0.4) is 0 Å². The number of hydrogen-bond acceptors (Lipinski definition) is 1. The van der Waals surface area contributed by atoms with Crippen LogP contribution >= 0.6 is 0 Å². The van der Waals surface area contributed by atoms with E-state index in [1.165, 1.54) is 6.42 Å². The van der Waals surface area contributed by atoms with Gasteiger partial charge >= 0.3 is 58.2 Å². The van der Waals surface area contributed by atoms with Crippen molar-refractivity contribution in [2.75, 3.05) is 27.2 Å². The van der Waals surface area contributed by atoms with Crippen LogP contribution in [-0.4, -0.2) is 38.1 Å². The summed E-state index contributed by atoms with van der Waals surface area (Å²) < 4.78 is 0. The zero-order valence-corrected chi connectivity index (χ0v) is 11.5. The Morgan fingerprint density at radius 2 is 2.11 bits per heavy atom. The number of hydrogen-bond donors (Lipinski definition) is 0. The van der Waals surface area contributed by atoms with Gasteiger partial charge in [-0.15, -0.1) is 6.04 Å². The summed E-state index contributed by atoms with van der Waals surface area (Å²) in [6, 6.07) is 0.657. The summed E-state index contributed by atoms with van der Waals surface area (Å²) in [6.07, 6.45) is 1.30. The fourth-order valence-electron chi connectivity index (χ4n) is 0.882. The minimum atomic E-state index is 0. The van der Waals surface area contributed by atoms with Gasteiger partial charge < -0.3 is 10.2 Å². The SMILES string of the molecule is CN(C)CC1CC[N-]1.[Rb+]. The van der Waals surface area contributed by atoms with Gasteiger partial charge in [-0.25, -0.2) is 0 Å². The van der Waals surface area contributed by atoms with Gasteiger partial charge in [-0.3, -0.25) is 0 Å². The molecule has 0 aromatic carbocycles. The fourth-order valence-corrected chi connectivity index (χ4v) is 0.882. The van der Waals surface area contributed by atoms with Gasteiger partial charge in [0.25, 0.3) is 0 Å². The van der Waals surface area contributed by atoms with Crippen molar-refractivity contribution in [1.82, 2.24) is 4.90 Å². The maximum atomic E-state index is 4.27. The molecule has 1 saturated heterocycles. The molecule has 0 saturated carbocycles. The van der Waals surface area contributed by atoms with E-state index < -0.39 is 0 Å². The van der Waals surface area contributed by atoms with E-state index in [0.29, 0.717) is 6.04 Å². The summed E-state index contributed by atoms with van der Waals surface area (Å²) in [5.74, 6) is 0. The first-order chi connectivity index (χ1) is 3.79. The summed E-state index contributed by atoms with van der Waals surface area (Å²) in [5.41, 5.74) is 0. The standard InChI is InChI=1S/C6H13N2.Rb/c1-8(2)5-6-3-4-7-6;/h6H,3-5H2,1-2H3;/q-1;+1. The molecule has 3 heteroatoms. The maximum absolute atomic E-state index is 4.27. The normalized spacial score (nSPS) is 25.0. The van der Waals surface area contributed by atoms with Crippen LogP contribution in [0.15, 0.2) is 0 Å². The molecule has 1 atom stereocenters. The average molecular weight is 199 g/mol. The van der Waals surface area contributed by atoms with E-state index in [4.69, 9.17) is 0 Å². The smallest absolute Gasteiger partial charge is 0.659 e. The van der Waals surface area contributed by atoms with Crippen LogP contribution in [0.2, 0.25) is 0 Å². The van der Waals surface area contributed by atoms with E-state index in [9.17, 15) is 0 Å². The molecule has 1 aliphatic rings. The second-order valence-corrected chi connectivity index (χ2v) is 2.61. The van der Waals surface area contributed by atoms with Gasteiger partial charge in [0.05, 0.1) is 0 Å². The molecule has 0 aromatic rings. The van der Waals surface area contributed by atoms with Crippen LogP contribution in [0, 0.1) is 0 Å². The second kappa shape index (κ2) is 5.39. The Labute approximate surface area is 106 Å². The number of nitrogens with zero attached hydrogens (tertiary/aromatic N) is 2. The number of rotatable bonds is 2. The van der Waals surface area contributed by atoms with E-state index in [1.807, 2.05) is 0 Å². The summed E-state index contributed by atoms with van der Waals surface area (Å²) in [6.45, 7) is 2.23. The van der Waals surface area contributed by atoms with Crippen LogP contribution in [0.4, 0.5) is 0 Å². The van der Waals surface area contributed by atoms with Gasteiger partial charge in [0.2, 0.25) is 0 Å². The molecular formula is C6H13N2Rb. The van der Waals surface area contributed by atoms with Gasteiger partial charge in [-0.1, -0.05) is 6.42 Å². The Hall–Kier alpha value is 1.73. The Morgan fingerprint density at radius 3 is 2.22 bits per heavy atom. The van der Waals surface area contributed by atoms with Crippen molar-refractivity contribution in [2.24, 2.45) is 0 Å². The molecule has 1 aliphatic heterocycles. The van der Waals surface area contributed by atoms with Crippen LogP contribution in [0.1, 0.15) is 6.42 Å². The molecule has 0 N–H and O–H groups in total. The van der Waals surface area contributed by atoms with Crippen molar-refractivity contribution in [3.05, 3.63) is 5.32 Å². The van der Waals surface area contributed by atoms with Crippen molar-refractivity contribution in [2.45, 2.75) is 12.5 Å². The molecule has 1 fully saturated rings. The maximum Gasteiger partial charge on any atom is 1.00 e. The Bertz CT molecular complexity index is 71.5. The molecule has 0 aliphatic carbocycles. The third kappa shape index (κ3) is 4.22. The van der Waals surface area contributed by atoms with Crippen molar-refractivity contribution >= 4 is 0 Å². The second-order valence-electron chi connectivity index (χ2n) is 2.61. The van der Waals surface area contributed by atoms with E-state index in [2.05, 4.69) is 24.3 Å². The van der Waals surface area contributed by atoms with Crippen LogP contribution in [0.5, 0.6) is 0 Å². The summed E-state index contributed by atoms with van der Waals surface area (Å²) in [5, 5.41) is 4.27. The van der Waals surface area contributed by atoms with Gasteiger partial charge in [0.1, 0.15) is 0 Å². The first kappa shape index (κ1) is 10.7. The summed E-state index contributed by atoms with van der Waals surface area (Å²) in [7, 11) is 4.18. The summed E-state index contributed by atoms with van der Waals surface area (Å²) in [4.78, 5) is 2.19. The molecule has 9 heavy (non-hydrogen) atoms. The van der Waals surface area contributed by atoms with Gasteiger partial charge in [-0.2, -0.15) is 6.54 Å². The quantitative estimate of drug-likeness (QED) is 0.488. The molecule has 1 unspecified atom stereocenters. The predicted molar refractivity (Wildman–Crippen MR) is 35.2 cm³/mol. The largest absolute Gasteiger partial charge is 1.00 e. The molecule has 1 heterocycles. The fraction of sp³-hybridized carbons (Fsp3) is 1.00. The monoisotopic (exact) mass is 198 g/mol. The van der Waals surface area contributed by atoms with Crippen molar-refractivity contribution < 1.29 is 58.2 Å². The predicted octanol–water partition coefficient (Wildman–Crippen LogP) is -2.30. The van der Waals surface area contributed by atoms with Crippen molar-refractivity contribution in [3.8, 4) is 0 Å². The zero-order chi connectivity index (χ0) is 5.98. The third-order valence-electron chi connectivity index (χ3n) is 1.43. The Balaban J connectivity index is 0.000000640. The first-order valence-electron chi connectivity index (χ1n) is 3.10. The first-order valence-corrected chi connectivity index (χ1v) is 3.10. The molecular weight excluding hydrogens is 186 g/mol. The third-order valence-corrected chi connectivity index (χ3v) is 1.43. The minimum Gasteiger partial charge on any atom is -0.659 e. The summed E-state index contributed by atoms with van der Waals surface area (Å²) >= 11 is 0. The molecule has 0 amide bonds. The Kier molecular flexibility index (Phi) is 6.42. The van der Waals surface area contributed by atoms with Gasteiger partial charge in [0.15, 0.2) is 0 Å². The topological polar surface area (TPSA) is 17.3 Å². The van der Waals surface area contributed by atoms with Crippen LogP contribution in [0.25, 0.3) is 5.32 Å². The van der Waals surface area contributed by atoms with Crippen molar-refractivity contribution in [1.29, 1.82) is 0 Å². The number of likely N-dealkylation sites (N-methyl/N-ethyl adjacent to an activating group) is 1. The minimum absolute atomic E-state index is 0. The molecule has 48 valence electrons. The average Bonchev–Trinajstić information content (AvgIpc) is 1.55. The van der Waals surface area contributed by atoms with E-state index in [-0.39, 0.29) is 58.2 Å². The molecule has 0 spiro atoms. The van der Waals surface area contributed by atoms with E-state index in [0.717, 1.165) is 13.1 Å². The van der Waals surface area contributed by atoms with Crippen molar-refractivity contribution in [3.63, 3.8) is 0 Å². The van der Waals surface area contributed by atoms with Gasteiger partial charge in [-0.05, 0) is 20.6 Å². The molecule has 0 bridgehead atoms. The Morgan fingerprint density at radius 1 is 1.56 bits per heavy atom. The van der Waals surface area contributed by atoms with E-state index >= 15 is 0 Å². The van der Waals surface area contributed by atoms with E-state index in [1.54, 1.807) is 0 Å². The van der Waals surface area contributed by atoms with Crippen LogP contribution < -0.4 is 58.2 Å². The van der Waals surface area contributed by atoms with Gasteiger partial charge in [0, 0.05) is 0 Å². The zero-order valence-electron chi connectivity index (χ0n) is 6.59. The molecule has 2 nitrogen and oxygen atoms in total. The molecule has 1 rings (SSSR count).